The zero-order valence-corrected chi connectivity index (χ0v) is 17.6. The lowest BCUT2D eigenvalue weighted by Crippen LogP contribution is -2.30. The van der Waals surface area contributed by atoms with Crippen molar-refractivity contribution in [3.8, 4) is 6.07 Å². The topological polar surface area (TPSA) is 93.4 Å². The predicted octanol–water partition coefficient (Wildman–Crippen LogP) is 4.75. The highest BCUT2D eigenvalue weighted by Gasteiger charge is 2.24. The molecule has 0 bridgehead atoms. The molecule has 6 nitrogen and oxygen atoms in total. The van der Waals surface area contributed by atoms with Gasteiger partial charge >= 0.3 is 0 Å². The molecule has 0 amide bonds. The number of nitriles is 1. The van der Waals surface area contributed by atoms with Crippen LogP contribution in [0.15, 0.2) is 30.5 Å². The molecule has 8 heteroatoms. The van der Waals surface area contributed by atoms with Crippen LogP contribution in [-0.4, -0.2) is 25.8 Å². The van der Waals surface area contributed by atoms with Crippen LogP contribution in [0.1, 0.15) is 49.7 Å². The smallest absolute Gasteiger partial charge is 0.190 e. The van der Waals surface area contributed by atoms with E-state index in [0.29, 0.717) is 27.1 Å². The Morgan fingerprint density at radius 1 is 1.34 bits per heavy atom. The zero-order valence-electron chi connectivity index (χ0n) is 16.1. The van der Waals surface area contributed by atoms with Crippen LogP contribution in [0.25, 0.3) is 16.7 Å². The summed E-state index contributed by atoms with van der Waals surface area (Å²) in [6.45, 7) is 4.10. The third-order valence-electron chi connectivity index (χ3n) is 5.53. The number of halogens is 2. The summed E-state index contributed by atoms with van der Waals surface area (Å²) in [4.78, 5) is 9.34. The quantitative estimate of drug-likeness (QED) is 0.651. The first-order valence-electron chi connectivity index (χ1n) is 9.44. The molecule has 1 aliphatic rings. The highest BCUT2D eigenvalue weighted by atomic mass is 35.5. The molecule has 0 saturated heterocycles. The van der Waals surface area contributed by atoms with Crippen LogP contribution in [0.4, 0.5) is 0 Å². The Balaban J connectivity index is 1.83. The first-order valence-corrected chi connectivity index (χ1v) is 10.2. The van der Waals surface area contributed by atoms with E-state index in [-0.39, 0.29) is 17.8 Å². The minimum atomic E-state index is -0.249. The fourth-order valence-electron chi connectivity index (χ4n) is 3.68. The average Bonchev–Trinajstić information content (AvgIpc) is 3.07. The van der Waals surface area contributed by atoms with Crippen molar-refractivity contribution in [1.29, 1.82) is 5.26 Å². The van der Waals surface area contributed by atoms with Gasteiger partial charge in [-0.25, -0.2) is 14.6 Å². The molecule has 0 unspecified atom stereocenters. The molecule has 2 aromatic heterocycles. The lowest BCUT2D eigenvalue weighted by Gasteiger charge is -2.25. The second-order valence-electron chi connectivity index (χ2n) is 7.48. The van der Waals surface area contributed by atoms with Gasteiger partial charge in [-0.1, -0.05) is 42.3 Å². The molecule has 29 heavy (non-hydrogen) atoms. The molecule has 3 aromatic rings. The predicted molar refractivity (Wildman–Crippen MR) is 115 cm³/mol. The van der Waals surface area contributed by atoms with Gasteiger partial charge in [0.1, 0.15) is 11.6 Å². The van der Waals surface area contributed by atoms with Gasteiger partial charge in [0.15, 0.2) is 11.3 Å². The van der Waals surface area contributed by atoms with E-state index in [4.69, 9.17) is 33.9 Å². The van der Waals surface area contributed by atoms with Crippen LogP contribution in [0.3, 0.4) is 0 Å². The molecular formula is C21H20Cl2N6. The Hall–Kier alpha value is -2.46. The fraction of sp³-hybridized carbons (Fsp3) is 0.333. The minimum Gasteiger partial charge on any atom is -0.327 e. The number of fused-ring (bicyclic) bond motifs is 1. The van der Waals surface area contributed by atoms with Gasteiger partial charge < -0.3 is 5.73 Å². The van der Waals surface area contributed by atoms with Crippen LogP contribution in [0, 0.1) is 17.2 Å². The zero-order chi connectivity index (χ0) is 20.7. The van der Waals surface area contributed by atoms with Gasteiger partial charge in [-0.15, -0.1) is 0 Å². The third-order valence-corrected chi connectivity index (χ3v) is 6.09. The van der Waals surface area contributed by atoms with Crippen LogP contribution >= 0.6 is 23.2 Å². The maximum Gasteiger partial charge on any atom is 0.190 e. The van der Waals surface area contributed by atoms with Gasteiger partial charge in [0.2, 0.25) is 0 Å². The second kappa shape index (κ2) is 7.75. The number of aromatic nitrogens is 4. The number of hydrogen-bond donors (Lipinski definition) is 1. The van der Waals surface area contributed by atoms with Crippen molar-refractivity contribution in [3.63, 3.8) is 0 Å². The Bertz CT molecular complexity index is 1160. The van der Waals surface area contributed by atoms with E-state index in [9.17, 15) is 5.26 Å². The molecule has 1 aromatic carbocycles. The summed E-state index contributed by atoms with van der Waals surface area (Å²) in [5, 5.41) is 15.1. The molecule has 148 valence electrons. The summed E-state index contributed by atoms with van der Waals surface area (Å²) < 4.78 is 1.71. The van der Waals surface area contributed by atoms with Crippen molar-refractivity contribution in [3.05, 3.63) is 57.5 Å². The summed E-state index contributed by atoms with van der Waals surface area (Å²) in [5.74, 6) is 0.374. The molecule has 0 radical (unpaired) electrons. The van der Waals surface area contributed by atoms with E-state index in [1.165, 1.54) is 0 Å². The SMILES string of the molecule is C[C@@H]1CC(c2cnc3c(C#N)nn([C@H](C)c4ccc(Cl)cc4Cl)c3n2)=CC[C@@H]1N. The molecule has 0 aliphatic heterocycles. The Morgan fingerprint density at radius 3 is 2.83 bits per heavy atom. The summed E-state index contributed by atoms with van der Waals surface area (Å²) in [6.07, 6.45) is 5.51. The average molecular weight is 427 g/mol. The first-order chi connectivity index (χ1) is 13.9. The van der Waals surface area contributed by atoms with Crippen molar-refractivity contribution < 1.29 is 0 Å². The summed E-state index contributed by atoms with van der Waals surface area (Å²) in [5.41, 5.74) is 10.2. The molecule has 4 rings (SSSR count). The number of nitrogens with two attached hydrogens (primary N) is 1. The minimum absolute atomic E-state index is 0.165. The van der Waals surface area contributed by atoms with Gasteiger partial charge in [-0.05, 0) is 49.0 Å². The molecule has 0 spiro atoms. The van der Waals surface area contributed by atoms with E-state index < -0.39 is 0 Å². The fourth-order valence-corrected chi connectivity index (χ4v) is 4.25. The summed E-state index contributed by atoms with van der Waals surface area (Å²) >= 11 is 12.4. The van der Waals surface area contributed by atoms with E-state index in [1.54, 1.807) is 23.0 Å². The van der Waals surface area contributed by atoms with Gasteiger partial charge in [-0.2, -0.15) is 10.4 Å². The van der Waals surface area contributed by atoms with Gasteiger partial charge in [0.05, 0.1) is 17.9 Å². The number of allylic oxidation sites excluding steroid dienone is 1. The van der Waals surface area contributed by atoms with Crippen molar-refractivity contribution in [2.75, 3.05) is 0 Å². The van der Waals surface area contributed by atoms with Crippen LogP contribution < -0.4 is 5.73 Å². The number of hydrogen-bond acceptors (Lipinski definition) is 5. The molecule has 0 saturated carbocycles. The highest BCUT2D eigenvalue weighted by molar-refractivity contribution is 6.35. The monoisotopic (exact) mass is 426 g/mol. The molecular weight excluding hydrogens is 407 g/mol. The van der Waals surface area contributed by atoms with Crippen molar-refractivity contribution in [1.82, 2.24) is 19.7 Å². The largest absolute Gasteiger partial charge is 0.327 e. The first kappa shape index (κ1) is 19.8. The molecule has 1 aliphatic carbocycles. The number of nitrogens with zero attached hydrogens (tertiary/aromatic N) is 5. The van der Waals surface area contributed by atoms with Crippen LogP contribution in [0.5, 0.6) is 0 Å². The van der Waals surface area contributed by atoms with E-state index in [1.807, 2.05) is 13.0 Å². The molecule has 2 heterocycles. The van der Waals surface area contributed by atoms with Crippen LogP contribution in [0.2, 0.25) is 10.0 Å². The lowest BCUT2D eigenvalue weighted by molar-refractivity contribution is 0.453. The van der Waals surface area contributed by atoms with E-state index >= 15 is 0 Å². The molecule has 3 atom stereocenters. The van der Waals surface area contributed by atoms with Crippen molar-refractivity contribution in [2.45, 2.75) is 38.8 Å². The Morgan fingerprint density at radius 2 is 2.14 bits per heavy atom. The second-order valence-corrected chi connectivity index (χ2v) is 8.33. The third kappa shape index (κ3) is 3.62. The molecule has 2 N–H and O–H groups in total. The van der Waals surface area contributed by atoms with E-state index in [0.717, 1.165) is 29.7 Å². The normalized spacial score (nSPS) is 20.3. The number of rotatable bonds is 3. The van der Waals surface area contributed by atoms with Gasteiger partial charge in [-0.3, -0.25) is 0 Å². The maximum atomic E-state index is 9.51. The molecule has 0 fully saturated rings. The summed E-state index contributed by atoms with van der Waals surface area (Å²) in [7, 11) is 0. The summed E-state index contributed by atoms with van der Waals surface area (Å²) in [6, 6.07) is 7.37. The van der Waals surface area contributed by atoms with Crippen LogP contribution in [-0.2, 0) is 0 Å². The maximum absolute atomic E-state index is 9.51. The number of benzene rings is 1. The standard InChI is InChI=1S/C21H20Cl2N6/c1-11-7-13(3-6-17(11)25)19-10-26-20-18(9-24)28-29(21(20)27-19)12(2)15-5-4-14(22)8-16(15)23/h3-5,8,10-12,17H,6-7,25H2,1-2H3/t11-,12-,17+/m1/s1. The Kier molecular flexibility index (Phi) is 5.30. The van der Waals surface area contributed by atoms with Gasteiger partial charge in [0, 0.05) is 16.1 Å². The van der Waals surface area contributed by atoms with Crippen molar-refractivity contribution in [2.24, 2.45) is 11.7 Å². The van der Waals surface area contributed by atoms with Gasteiger partial charge in [0.25, 0.3) is 0 Å². The highest BCUT2D eigenvalue weighted by Crippen LogP contribution is 2.32. The Labute approximate surface area is 179 Å². The lowest BCUT2D eigenvalue weighted by atomic mass is 9.85. The van der Waals surface area contributed by atoms with Crippen molar-refractivity contribution >= 4 is 39.9 Å². The van der Waals surface area contributed by atoms with E-state index in [2.05, 4.69) is 29.2 Å².